The van der Waals surface area contributed by atoms with Gasteiger partial charge in [-0.25, -0.2) is 0 Å². The van der Waals surface area contributed by atoms with Crippen molar-refractivity contribution in [2.45, 2.75) is 12.3 Å². The predicted molar refractivity (Wildman–Crippen MR) is 74.9 cm³/mol. The summed E-state index contributed by atoms with van der Waals surface area (Å²) in [6.07, 6.45) is -0.234. The molecule has 1 aliphatic rings. The molecule has 19 heavy (non-hydrogen) atoms. The van der Waals surface area contributed by atoms with Crippen molar-refractivity contribution in [3.8, 4) is 0 Å². The van der Waals surface area contributed by atoms with Gasteiger partial charge in [0, 0.05) is 5.69 Å². The summed E-state index contributed by atoms with van der Waals surface area (Å²) in [7, 11) is 0. The third-order valence-corrected chi connectivity index (χ3v) is 3.17. The highest BCUT2D eigenvalue weighted by molar-refractivity contribution is 5.45. The molecule has 1 heterocycles. The van der Waals surface area contributed by atoms with Gasteiger partial charge in [-0.15, -0.1) is 0 Å². The Labute approximate surface area is 113 Å². The minimum atomic E-state index is -0.234. The molecular weight excluding hydrogens is 238 g/mol. The minimum Gasteiger partial charge on any atom is -0.374 e. The molecule has 0 amide bonds. The zero-order valence-corrected chi connectivity index (χ0v) is 10.7. The molecule has 3 nitrogen and oxygen atoms in total. The molecule has 98 valence electrons. The van der Waals surface area contributed by atoms with Gasteiger partial charge in [-0.05, 0) is 17.7 Å². The molecule has 2 aromatic rings. The number of benzene rings is 2. The maximum Gasteiger partial charge on any atom is 0.182 e. The summed E-state index contributed by atoms with van der Waals surface area (Å²) in [4.78, 5) is 0. The lowest BCUT2D eigenvalue weighted by atomic mass is 10.1. The van der Waals surface area contributed by atoms with Gasteiger partial charge >= 0.3 is 0 Å². The van der Waals surface area contributed by atoms with Crippen LogP contribution in [-0.2, 0) is 9.47 Å². The summed E-state index contributed by atoms with van der Waals surface area (Å²) >= 11 is 0. The van der Waals surface area contributed by atoms with Gasteiger partial charge in [0.25, 0.3) is 0 Å². The van der Waals surface area contributed by atoms with Gasteiger partial charge in [0.05, 0.1) is 13.2 Å². The lowest BCUT2D eigenvalue weighted by Gasteiger charge is -2.25. The van der Waals surface area contributed by atoms with Crippen molar-refractivity contribution in [3.05, 3.63) is 66.2 Å². The Morgan fingerprint density at radius 2 is 1.42 bits per heavy atom. The van der Waals surface area contributed by atoms with Crippen LogP contribution >= 0.6 is 0 Å². The first-order chi connectivity index (χ1) is 9.43. The van der Waals surface area contributed by atoms with Crippen LogP contribution in [0.3, 0.4) is 0 Å². The third-order valence-electron chi connectivity index (χ3n) is 3.17. The lowest BCUT2D eigenvalue weighted by molar-refractivity contribution is -0.0549. The molecule has 1 unspecified atom stereocenters. The number of hydrogen-bond acceptors (Lipinski definition) is 3. The van der Waals surface area contributed by atoms with E-state index in [1.165, 1.54) is 5.56 Å². The van der Waals surface area contributed by atoms with Crippen LogP contribution in [0.25, 0.3) is 0 Å². The molecular formula is C16H17NO2. The fraction of sp³-hybridized carbons (Fsp3) is 0.250. The van der Waals surface area contributed by atoms with Crippen molar-refractivity contribution in [1.29, 1.82) is 0 Å². The number of hydrogen-bond donors (Lipinski definition) is 1. The molecule has 1 saturated heterocycles. The normalized spacial score (nSPS) is 17.3. The quantitative estimate of drug-likeness (QED) is 0.910. The van der Waals surface area contributed by atoms with Crippen molar-refractivity contribution in [1.82, 2.24) is 0 Å². The standard InChI is InChI=1S/C16H17NO2/c1-3-7-13(8-4-1)15(16-18-11-12-19-16)17-14-9-5-2-6-10-14/h1-10,15-17H,11-12H2. The highest BCUT2D eigenvalue weighted by atomic mass is 16.7. The molecule has 3 rings (SSSR count). The molecule has 0 saturated carbocycles. The van der Waals surface area contributed by atoms with Gasteiger partial charge in [-0.1, -0.05) is 48.5 Å². The van der Waals surface area contributed by atoms with Crippen LogP contribution in [0.4, 0.5) is 5.69 Å². The zero-order chi connectivity index (χ0) is 12.9. The SMILES string of the molecule is c1ccc(NC(c2ccccc2)C2OCCO2)cc1. The van der Waals surface area contributed by atoms with E-state index in [4.69, 9.17) is 9.47 Å². The second-order valence-corrected chi connectivity index (χ2v) is 4.51. The van der Waals surface area contributed by atoms with E-state index in [1.54, 1.807) is 0 Å². The molecule has 1 fully saturated rings. The average Bonchev–Trinajstić information content (AvgIpc) is 3.01. The molecule has 1 atom stereocenters. The van der Waals surface area contributed by atoms with E-state index >= 15 is 0 Å². The largest absolute Gasteiger partial charge is 0.374 e. The van der Waals surface area contributed by atoms with E-state index in [0.717, 1.165) is 5.69 Å². The molecule has 0 aliphatic carbocycles. The molecule has 2 aromatic carbocycles. The average molecular weight is 255 g/mol. The van der Waals surface area contributed by atoms with Crippen LogP contribution in [0.15, 0.2) is 60.7 Å². The summed E-state index contributed by atoms with van der Waals surface area (Å²) < 4.78 is 11.3. The molecule has 0 bridgehead atoms. The van der Waals surface area contributed by atoms with Crippen LogP contribution < -0.4 is 5.32 Å². The molecule has 0 radical (unpaired) electrons. The fourth-order valence-electron chi connectivity index (χ4n) is 2.25. The fourth-order valence-corrected chi connectivity index (χ4v) is 2.25. The van der Waals surface area contributed by atoms with Gasteiger partial charge in [0.1, 0.15) is 6.04 Å². The van der Waals surface area contributed by atoms with E-state index in [-0.39, 0.29) is 12.3 Å². The summed E-state index contributed by atoms with van der Waals surface area (Å²) in [5.41, 5.74) is 2.23. The molecule has 1 N–H and O–H groups in total. The number of rotatable bonds is 4. The molecule has 0 spiro atoms. The van der Waals surface area contributed by atoms with Crippen molar-refractivity contribution in [2.75, 3.05) is 18.5 Å². The van der Waals surface area contributed by atoms with E-state index < -0.39 is 0 Å². The maximum atomic E-state index is 5.66. The topological polar surface area (TPSA) is 30.5 Å². The predicted octanol–water partition coefficient (Wildman–Crippen LogP) is 3.21. The van der Waals surface area contributed by atoms with E-state index in [1.807, 2.05) is 48.5 Å². The Balaban J connectivity index is 1.84. The first kappa shape index (κ1) is 12.2. The lowest BCUT2D eigenvalue weighted by Crippen LogP contribution is -2.26. The summed E-state index contributed by atoms with van der Waals surface area (Å²) in [5.74, 6) is 0. The zero-order valence-electron chi connectivity index (χ0n) is 10.7. The highest BCUT2D eigenvalue weighted by Gasteiger charge is 2.28. The van der Waals surface area contributed by atoms with Gasteiger partial charge < -0.3 is 14.8 Å². The minimum absolute atomic E-state index is 0.00565. The number of anilines is 1. The van der Waals surface area contributed by atoms with E-state index in [0.29, 0.717) is 13.2 Å². The summed E-state index contributed by atoms with van der Waals surface area (Å²) in [6.45, 7) is 1.31. The van der Waals surface area contributed by atoms with Gasteiger partial charge in [-0.2, -0.15) is 0 Å². The Morgan fingerprint density at radius 1 is 0.842 bits per heavy atom. The van der Waals surface area contributed by atoms with Gasteiger partial charge in [-0.3, -0.25) is 0 Å². The Morgan fingerprint density at radius 3 is 2.05 bits per heavy atom. The monoisotopic (exact) mass is 255 g/mol. The molecule has 1 aliphatic heterocycles. The maximum absolute atomic E-state index is 5.66. The van der Waals surface area contributed by atoms with Crippen LogP contribution in [0.1, 0.15) is 11.6 Å². The Bertz CT molecular complexity index is 495. The molecule has 0 aromatic heterocycles. The first-order valence-electron chi connectivity index (χ1n) is 6.53. The number of ether oxygens (including phenoxy) is 2. The van der Waals surface area contributed by atoms with Crippen molar-refractivity contribution >= 4 is 5.69 Å². The van der Waals surface area contributed by atoms with Crippen LogP contribution in [0, 0.1) is 0 Å². The second-order valence-electron chi connectivity index (χ2n) is 4.51. The highest BCUT2D eigenvalue weighted by Crippen LogP contribution is 2.27. The van der Waals surface area contributed by atoms with E-state index in [2.05, 4.69) is 17.4 Å². The van der Waals surface area contributed by atoms with Crippen LogP contribution in [0.5, 0.6) is 0 Å². The summed E-state index contributed by atoms with van der Waals surface area (Å²) in [5, 5.41) is 3.49. The molecule has 3 heteroatoms. The van der Waals surface area contributed by atoms with Crippen molar-refractivity contribution in [2.24, 2.45) is 0 Å². The van der Waals surface area contributed by atoms with Crippen molar-refractivity contribution in [3.63, 3.8) is 0 Å². The Hall–Kier alpha value is -1.84. The van der Waals surface area contributed by atoms with Crippen molar-refractivity contribution < 1.29 is 9.47 Å². The van der Waals surface area contributed by atoms with E-state index in [9.17, 15) is 0 Å². The van der Waals surface area contributed by atoms with Gasteiger partial charge in [0.15, 0.2) is 6.29 Å². The third kappa shape index (κ3) is 2.95. The van der Waals surface area contributed by atoms with Crippen LogP contribution in [0.2, 0.25) is 0 Å². The smallest absolute Gasteiger partial charge is 0.182 e. The first-order valence-corrected chi connectivity index (χ1v) is 6.53. The number of nitrogens with one attached hydrogen (secondary N) is 1. The van der Waals surface area contributed by atoms with Gasteiger partial charge in [0.2, 0.25) is 0 Å². The van der Waals surface area contributed by atoms with Crippen LogP contribution in [-0.4, -0.2) is 19.5 Å². The Kier molecular flexibility index (Phi) is 3.77. The second kappa shape index (κ2) is 5.87. The summed E-state index contributed by atoms with van der Waals surface area (Å²) in [6, 6.07) is 20.4. The number of para-hydroxylation sites is 1.